The lowest BCUT2D eigenvalue weighted by atomic mass is 10.0. The highest BCUT2D eigenvalue weighted by atomic mass is 16.2. The minimum Gasteiger partial charge on any atom is -0.285 e. The third-order valence-electron chi connectivity index (χ3n) is 3.14. The Labute approximate surface area is 92.9 Å². The lowest BCUT2D eigenvalue weighted by Crippen LogP contribution is -2.06. The van der Waals surface area contributed by atoms with Gasteiger partial charge in [0.25, 0.3) is 0 Å². The molecule has 78 valence electrons. The van der Waals surface area contributed by atoms with E-state index in [0.29, 0.717) is 11.1 Å². The van der Waals surface area contributed by atoms with Crippen molar-refractivity contribution in [1.82, 2.24) is 0 Å². The molecule has 1 aliphatic carbocycles. The molecule has 0 N–H and O–H groups in total. The normalized spacial score (nSPS) is 13.8. The summed E-state index contributed by atoms with van der Waals surface area (Å²) in [6, 6.07) is 9.41. The van der Waals surface area contributed by atoms with E-state index in [1.54, 1.807) is 6.07 Å². The van der Waals surface area contributed by atoms with Crippen molar-refractivity contribution in [2.24, 2.45) is 0 Å². The predicted octanol–water partition coefficient (Wildman–Crippen LogP) is 2.78. The van der Waals surface area contributed by atoms with Crippen LogP contribution in [0.15, 0.2) is 30.3 Å². The number of hydrogen-bond acceptors (Lipinski definition) is 2. The molecule has 1 aliphatic rings. The summed E-state index contributed by atoms with van der Waals surface area (Å²) < 4.78 is 0. The molecule has 0 spiro atoms. The van der Waals surface area contributed by atoms with Crippen molar-refractivity contribution in [3.63, 3.8) is 0 Å². The van der Waals surface area contributed by atoms with E-state index in [4.69, 9.17) is 0 Å². The molecule has 0 fully saturated rings. The molecular formula is C14H10O2. The van der Waals surface area contributed by atoms with Gasteiger partial charge in [-0.05, 0) is 23.4 Å². The van der Waals surface area contributed by atoms with E-state index < -0.39 is 0 Å². The van der Waals surface area contributed by atoms with Crippen LogP contribution in [-0.2, 0) is 6.42 Å². The fourth-order valence-electron chi connectivity index (χ4n) is 2.31. The molecule has 2 aromatic rings. The smallest absolute Gasteiger partial charge is 0.234 e. The largest absolute Gasteiger partial charge is 0.285 e. The third kappa shape index (κ3) is 1.01. The fraction of sp³-hybridized carbons (Fsp3) is 0.143. The van der Waals surface area contributed by atoms with Gasteiger partial charge in [-0.2, -0.15) is 0 Å². The van der Waals surface area contributed by atoms with Gasteiger partial charge in [0.2, 0.25) is 11.6 Å². The van der Waals surface area contributed by atoms with Gasteiger partial charge >= 0.3 is 0 Å². The maximum atomic E-state index is 11.8. The number of aryl methyl sites for hydroxylation is 1. The first-order valence-electron chi connectivity index (χ1n) is 5.37. The molecule has 0 atom stereocenters. The first-order valence-corrected chi connectivity index (χ1v) is 5.37. The van der Waals surface area contributed by atoms with E-state index in [-0.39, 0.29) is 11.6 Å². The Morgan fingerprint density at radius 1 is 1.00 bits per heavy atom. The molecule has 0 heterocycles. The van der Waals surface area contributed by atoms with E-state index in [0.717, 1.165) is 22.8 Å². The molecule has 0 saturated carbocycles. The lowest BCUT2D eigenvalue weighted by molar-refractivity contribution is 0.0825. The Morgan fingerprint density at radius 2 is 1.75 bits per heavy atom. The van der Waals surface area contributed by atoms with Crippen LogP contribution in [0, 0.1) is 0 Å². The van der Waals surface area contributed by atoms with Crippen LogP contribution in [0.1, 0.15) is 33.2 Å². The van der Waals surface area contributed by atoms with Crippen LogP contribution in [0.3, 0.4) is 0 Å². The summed E-state index contributed by atoms with van der Waals surface area (Å²) in [4.78, 5) is 23.5. The minimum atomic E-state index is -0.367. The molecule has 0 radical (unpaired) electrons. The molecule has 0 unspecified atom stereocenters. The molecule has 0 aliphatic heterocycles. The van der Waals surface area contributed by atoms with E-state index in [1.807, 2.05) is 31.2 Å². The Bertz CT molecular complexity index is 638. The Kier molecular flexibility index (Phi) is 1.75. The van der Waals surface area contributed by atoms with E-state index in [2.05, 4.69) is 0 Å². The SMILES string of the molecule is CCc1cc2c3c(cccc3c1)C(=O)C2=O. The van der Waals surface area contributed by atoms with Crippen molar-refractivity contribution in [3.05, 3.63) is 47.0 Å². The van der Waals surface area contributed by atoms with Crippen LogP contribution in [0.5, 0.6) is 0 Å². The number of rotatable bonds is 1. The van der Waals surface area contributed by atoms with Gasteiger partial charge in [-0.25, -0.2) is 0 Å². The van der Waals surface area contributed by atoms with Gasteiger partial charge in [-0.1, -0.05) is 31.2 Å². The number of benzene rings is 2. The quantitative estimate of drug-likeness (QED) is 0.678. The van der Waals surface area contributed by atoms with Gasteiger partial charge in [0.1, 0.15) is 0 Å². The summed E-state index contributed by atoms with van der Waals surface area (Å²) in [5.74, 6) is -0.727. The lowest BCUT2D eigenvalue weighted by Gasteiger charge is -2.03. The van der Waals surface area contributed by atoms with Crippen molar-refractivity contribution in [2.75, 3.05) is 0 Å². The highest BCUT2D eigenvalue weighted by Gasteiger charge is 2.30. The van der Waals surface area contributed by atoms with Crippen LogP contribution in [0.4, 0.5) is 0 Å². The monoisotopic (exact) mass is 210 g/mol. The van der Waals surface area contributed by atoms with E-state index >= 15 is 0 Å². The molecule has 0 aromatic heterocycles. The number of carbonyl (C=O) groups is 2. The first-order chi connectivity index (χ1) is 7.72. The van der Waals surface area contributed by atoms with Crippen molar-refractivity contribution in [1.29, 1.82) is 0 Å². The Morgan fingerprint density at radius 3 is 2.50 bits per heavy atom. The zero-order chi connectivity index (χ0) is 11.3. The molecule has 16 heavy (non-hydrogen) atoms. The summed E-state index contributed by atoms with van der Waals surface area (Å²) in [5, 5.41) is 1.82. The summed E-state index contributed by atoms with van der Waals surface area (Å²) in [6.07, 6.45) is 0.870. The maximum Gasteiger partial charge on any atom is 0.234 e. The van der Waals surface area contributed by atoms with Gasteiger partial charge in [0.05, 0.1) is 0 Å². The number of ketones is 2. The van der Waals surface area contributed by atoms with Gasteiger partial charge in [-0.15, -0.1) is 0 Å². The van der Waals surface area contributed by atoms with Crippen LogP contribution < -0.4 is 0 Å². The molecule has 3 rings (SSSR count). The maximum absolute atomic E-state index is 11.8. The third-order valence-corrected chi connectivity index (χ3v) is 3.14. The van der Waals surface area contributed by atoms with Crippen LogP contribution in [0.25, 0.3) is 10.8 Å². The topological polar surface area (TPSA) is 34.1 Å². The van der Waals surface area contributed by atoms with E-state index in [9.17, 15) is 9.59 Å². The molecule has 2 nitrogen and oxygen atoms in total. The Balaban J connectivity index is 2.50. The summed E-state index contributed by atoms with van der Waals surface area (Å²) >= 11 is 0. The van der Waals surface area contributed by atoms with Gasteiger partial charge in [0, 0.05) is 16.5 Å². The number of Topliss-reactive ketones (excluding diaryl/α,β-unsaturated/α-hetero) is 2. The van der Waals surface area contributed by atoms with Gasteiger partial charge in [0.15, 0.2) is 0 Å². The first kappa shape index (κ1) is 9.28. The number of carbonyl (C=O) groups excluding carboxylic acids is 2. The van der Waals surface area contributed by atoms with E-state index in [1.165, 1.54) is 0 Å². The second-order valence-corrected chi connectivity index (χ2v) is 4.06. The zero-order valence-electron chi connectivity index (χ0n) is 8.91. The van der Waals surface area contributed by atoms with Gasteiger partial charge in [-0.3, -0.25) is 9.59 Å². The average molecular weight is 210 g/mol. The highest BCUT2D eigenvalue weighted by molar-refractivity contribution is 6.57. The standard InChI is InChI=1S/C14H10O2/c1-2-8-6-9-4-3-5-10-12(9)11(7-8)14(16)13(10)15/h3-7H,2H2,1H3. The average Bonchev–Trinajstić information content (AvgIpc) is 2.56. The molecule has 0 saturated heterocycles. The molecule has 0 amide bonds. The van der Waals surface area contributed by atoms with Crippen molar-refractivity contribution < 1.29 is 9.59 Å². The predicted molar refractivity (Wildman–Crippen MR) is 62.0 cm³/mol. The second-order valence-electron chi connectivity index (χ2n) is 4.06. The zero-order valence-corrected chi connectivity index (χ0v) is 8.91. The highest BCUT2D eigenvalue weighted by Crippen LogP contribution is 2.31. The number of hydrogen-bond donors (Lipinski definition) is 0. The van der Waals surface area contributed by atoms with Crippen LogP contribution >= 0.6 is 0 Å². The Hall–Kier alpha value is -1.96. The summed E-state index contributed by atoms with van der Waals surface area (Å²) in [6.45, 7) is 2.04. The summed E-state index contributed by atoms with van der Waals surface area (Å²) in [7, 11) is 0. The second kappa shape index (κ2) is 3.01. The molecule has 2 aromatic carbocycles. The molecular weight excluding hydrogens is 200 g/mol. The van der Waals surface area contributed by atoms with Gasteiger partial charge < -0.3 is 0 Å². The van der Waals surface area contributed by atoms with Crippen LogP contribution in [0.2, 0.25) is 0 Å². The molecule has 2 heteroatoms. The van der Waals surface area contributed by atoms with Crippen molar-refractivity contribution >= 4 is 22.3 Å². The summed E-state index contributed by atoms with van der Waals surface area (Å²) in [5.41, 5.74) is 2.23. The fourth-order valence-corrected chi connectivity index (χ4v) is 2.31. The van der Waals surface area contributed by atoms with Crippen molar-refractivity contribution in [3.8, 4) is 0 Å². The molecule has 0 bridgehead atoms. The minimum absolute atomic E-state index is 0.360. The van der Waals surface area contributed by atoms with Crippen molar-refractivity contribution in [2.45, 2.75) is 13.3 Å². The van der Waals surface area contributed by atoms with Crippen LogP contribution in [-0.4, -0.2) is 11.6 Å².